The average molecular weight is 479 g/mol. The van der Waals surface area contributed by atoms with Crippen molar-refractivity contribution in [2.45, 2.75) is 38.8 Å². The van der Waals surface area contributed by atoms with Gasteiger partial charge < -0.3 is 19.7 Å². The van der Waals surface area contributed by atoms with Gasteiger partial charge in [0.05, 0.1) is 6.10 Å². The number of aliphatic imine (C=N–C) groups is 1. The second kappa shape index (κ2) is 13.3. The maximum atomic E-state index is 13.3. The largest absolute Gasteiger partial charge is 0.381 e. The van der Waals surface area contributed by atoms with Gasteiger partial charge in [-0.15, -0.1) is 24.0 Å². The van der Waals surface area contributed by atoms with Crippen LogP contribution in [0.4, 0.5) is 4.39 Å². The van der Waals surface area contributed by atoms with Crippen LogP contribution in [0.2, 0.25) is 0 Å². The van der Waals surface area contributed by atoms with Gasteiger partial charge in [-0.25, -0.2) is 4.39 Å². The summed E-state index contributed by atoms with van der Waals surface area (Å²) in [7, 11) is 1.96. The maximum Gasteiger partial charge on any atom is 0.193 e. The molecule has 1 N–H and O–H groups in total. The van der Waals surface area contributed by atoms with Gasteiger partial charge in [0.2, 0.25) is 0 Å². The summed E-state index contributed by atoms with van der Waals surface area (Å²) in [5.41, 5.74) is 0.927. The molecule has 0 bridgehead atoms. The van der Waals surface area contributed by atoms with E-state index in [9.17, 15) is 4.39 Å². The summed E-state index contributed by atoms with van der Waals surface area (Å²) < 4.78 is 24.5. The zero-order chi connectivity index (χ0) is 17.9. The van der Waals surface area contributed by atoms with Crippen molar-refractivity contribution in [3.05, 3.63) is 35.6 Å². The molecule has 0 spiro atoms. The SMILES string of the molecule is CCNC(=NCCCOC1CCOCC1)N(C)Cc1cccc(F)c1.I. The minimum Gasteiger partial charge on any atom is -0.381 e. The van der Waals surface area contributed by atoms with Crippen molar-refractivity contribution in [3.8, 4) is 0 Å². The van der Waals surface area contributed by atoms with Gasteiger partial charge in [-0.05, 0) is 43.9 Å². The molecule has 1 aromatic rings. The molecule has 1 aliphatic rings. The lowest BCUT2D eigenvalue weighted by Crippen LogP contribution is -2.38. The highest BCUT2D eigenvalue weighted by Crippen LogP contribution is 2.11. The fourth-order valence-corrected chi connectivity index (χ4v) is 2.80. The number of nitrogens with zero attached hydrogens (tertiary/aromatic N) is 2. The summed E-state index contributed by atoms with van der Waals surface area (Å²) in [5.74, 6) is 0.621. The third-order valence-corrected chi connectivity index (χ3v) is 4.09. The molecule has 1 aromatic carbocycles. The summed E-state index contributed by atoms with van der Waals surface area (Å²) in [4.78, 5) is 6.66. The number of halogens is 2. The summed E-state index contributed by atoms with van der Waals surface area (Å²) >= 11 is 0. The number of rotatable bonds is 8. The lowest BCUT2D eigenvalue weighted by molar-refractivity contribution is -0.0318. The van der Waals surface area contributed by atoms with Crippen LogP contribution in [-0.4, -0.2) is 56.9 Å². The predicted molar refractivity (Wildman–Crippen MR) is 114 cm³/mol. The molecule has 0 aromatic heterocycles. The van der Waals surface area contributed by atoms with E-state index < -0.39 is 0 Å². The van der Waals surface area contributed by atoms with Crippen LogP contribution in [0.25, 0.3) is 0 Å². The summed E-state index contributed by atoms with van der Waals surface area (Å²) in [6, 6.07) is 6.67. The molecule has 1 fully saturated rings. The molecule has 0 saturated carbocycles. The topological polar surface area (TPSA) is 46.1 Å². The van der Waals surface area contributed by atoms with E-state index in [0.717, 1.165) is 57.2 Å². The van der Waals surface area contributed by atoms with Gasteiger partial charge in [0.25, 0.3) is 0 Å². The zero-order valence-corrected chi connectivity index (χ0v) is 18.1. The van der Waals surface area contributed by atoms with E-state index in [-0.39, 0.29) is 29.8 Å². The molecular weight excluding hydrogens is 448 g/mol. The lowest BCUT2D eigenvalue weighted by atomic mass is 10.1. The van der Waals surface area contributed by atoms with E-state index in [1.54, 1.807) is 12.1 Å². The summed E-state index contributed by atoms with van der Waals surface area (Å²) in [5, 5.41) is 3.28. The van der Waals surface area contributed by atoms with Crippen molar-refractivity contribution in [2.24, 2.45) is 4.99 Å². The van der Waals surface area contributed by atoms with Crippen LogP contribution in [0.15, 0.2) is 29.3 Å². The molecule has 0 unspecified atom stereocenters. The van der Waals surface area contributed by atoms with Crippen LogP contribution in [-0.2, 0) is 16.0 Å². The Kier molecular flexibility index (Phi) is 11.8. The van der Waals surface area contributed by atoms with Crippen LogP contribution < -0.4 is 5.32 Å². The van der Waals surface area contributed by atoms with Gasteiger partial charge in [0.1, 0.15) is 5.82 Å². The second-order valence-corrected chi connectivity index (χ2v) is 6.26. The zero-order valence-electron chi connectivity index (χ0n) is 15.7. The molecule has 148 valence electrons. The lowest BCUT2D eigenvalue weighted by Gasteiger charge is -2.23. The maximum absolute atomic E-state index is 13.3. The minimum absolute atomic E-state index is 0. The van der Waals surface area contributed by atoms with Gasteiger partial charge in [-0.1, -0.05) is 12.1 Å². The Morgan fingerprint density at radius 3 is 2.85 bits per heavy atom. The molecular formula is C19H31FIN3O2. The first-order chi connectivity index (χ1) is 12.2. The fourth-order valence-electron chi connectivity index (χ4n) is 2.80. The van der Waals surface area contributed by atoms with E-state index >= 15 is 0 Å². The quantitative estimate of drug-likeness (QED) is 0.269. The number of ether oxygens (including phenoxy) is 2. The summed E-state index contributed by atoms with van der Waals surface area (Å²) in [6.45, 7) is 6.49. The standard InChI is InChI=1S/C19H30FN3O2.HI/c1-3-21-19(23(2)15-16-6-4-7-17(20)14-16)22-10-5-11-25-18-8-12-24-13-9-18;/h4,6-7,14,18H,3,5,8-13,15H2,1-2H3,(H,21,22);1H. The smallest absolute Gasteiger partial charge is 0.193 e. The number of hydrogen-bond acceptors (Lipinski definition) is 3. The number of benzene rings is 1. The fraction of sp³-hybridized carbons (Fsp3) is 0.632. The molecule has 1 saturated heterocycles. The van der Waals surface area contributed by atoms with Gasteiger partial charge >= 0.3 is 0 Å². The van der Waals surface area contributed by atoms with Crippen molar-refractivity contribution < 1.29 is 13.9 Å². The van der Waals surface area contributed by atoms with Gasteiger partial charge in [0, 0.05) is 46.5 Å². The molecule has 1 heterocycles. The van der Waals surface area contributed by atoms with Crippen LogP contribution >= 0.6 is 24.0 Å². The number of hydrogen-bond donors (Lipinski definition) is 1. The van der Waals surface area contributed by atoms with Crippen molar-refractivity contribution in [3.63, 3.8) is 0 Å². The Morgan fingerprint density at radius 2 is 2.15 bits per heavy atom. The predicted octanol–water partition coefficient (Wildman–Crippen LogP) is 3.43. The Hall–Kier alpha value is -0.930. The molecule has 2 rings (SSSR count). The van der Waals surface area contributed by atoms with Crippen LogP contribution in [0.1, 0.15) is 31.7 Å². The first-order valence-corrected chi connectivity index (χ1v) is 9.12. The molecule has 0 amide bonds. The van der Waals surface area contributed by atoms with Crippen LogP contribution in [0.5, 0.6) is 0 Å². The Bertz CT molecular complexity index is 539. The van der Waals surface area contributed by atoms with Crippen molar-refractivity contribution in [1.82, 2.24) is 10.2 Å². The normalized spacial score (nSPS) is 15.4. The molecule has 26 heavy (non-hydrogen) atoms. The number of nitrogens with one attached hydrogen (secondary N) is 1. The van der Waals surface area contributed by atoms with E-state index in [1.807, 2.05) is 24.9 Å². The molecule has 0 radical (unpaired) electrons. The van der Waals surface area contributed by atoms with E-state index in [2.05, 4.69) is 10.3 Å². The van der Waals surface area contributed by atoms with Crippen molar-refractivity contribution in [1.29, 1.82) is 0 Å². The highest BCUT2D eigenvalue weighted by molar-refractivity contribution is 14.0. The molecule has 1 aliphatic heterocycles. The average Bonchev–Trinajstić information content (AvgIpc) is 2.61. The van der Waals surface area contributed by atoms with Crippen molar-refractivity contribution >= 4 is 29.9 Å². The van der Waals surface area contributed by atoms with Gasteiger partial charge in [-0.3, -0.25) is 4.99 Å². The molecule has 0 atom stereocenters. The molecule has 7 heteroatoms. The van der Waals surface area contributed by atoms with E-state index in [4.69, 9.17) is 9.47 Å². The first-order valence-electron chi connectivity index (χ1n) is 9.12. The monoisotopic (exact) mass is 479 g/mol. The highest BCUT2D eigenvalue weighted by Gasteiger charge is 2.13. The summed E-state index contributed by atoms with van der Waals surface area (Å²) in [6.07, 6.45) is 3.20. The molecule has 5 nitrogen and oxygen atoms in total. The van der Waals surface area contributed by atoms with E-state index in [1.165, 1.54) is 6.07 Å². The van der Waals surface area contributed by atoms with Crippen molar-refractivity contribution in [2.75, 3.05) is 40.0 Å². The minimum atomic E-state index is -0.210. The highest BCUT2D eigenvalue weighted by atomic mass is 127. The Balaban J connectivity index is 0.00000338. The Morgan fingerprint density at radius 1 is 1.38 bits per heavy atom. The molecule has 0 aliphatic carbocycles. The first kappa shape index (κ1) is 23.1. The van der Waals surface area contributed by atoms with E-state index in [0.29, 0.717) is 19.2 Å². The van der Waals surface area contributed by atoms with Gasteiger partial charge in [0.15, 0.2) is 5.96 Å². The number of guanidine groups is 1. The Labute approximate surface area is 173 Å². The van der Waals surface area contributed by atoms with Crippen LogP contribution in [0.3, 0.4) is 0 Å². The third-order valence-electron chi connectivity index (χ3n) is 4.09. The third kappa shape index (κ3) is 8.64. The van der Waals surface area contributed by atoms with Gasteiger partial charge in [-0.2, -0.15) is 0 Å². The second-order valence-electron chi connectivity index (χ2n) is 6.26. The van der Waals surface area contributed by atoms with Crippen LogP contribution in [0, 0.1) is 5.82 Å².